The molecule has 3 amide bonds. The minimum absolute atomic E-state index is 0.0441. The standard InChI is InChI=1S/C27H21ClN4O3/c28-20-11-7-10-19(14-20)17-31-26(34)24(29-27(31)35)16-22-23(15-18-8-3-1-4-9-18)30-32(25(22)33)21-12-5-2-6-13-21/h1-14,16,30H,15,17H2,(H,29,35)/b24-16-. The zero-order chi connectivity index (χ0) is 24.4. The van der Waals surface area contributed by atoms with E-state index in [-0.39, 0.29) is 17.8 Å². The highest BCUT2D eigenvalue weighted by Crippen LogP contribution is 2.20. The molecule has 0 spiro atoms. The molecule has 0 bridgehead atoms. The van der Waals surface area contributed by atoms with E-state index in [1.807, 2.05) is 60.7 Å². The number of hydrogen-bond acceptors (Lipinski definition) is 3. The average molecular weight is 485 g/mol. The van der Waals surface area contributed by atoms with Crippen molar-refractivity contribution in [1.82, 2.24) is 20.0 Å². The molecular weight excluding hydrogens is 464 g/mol. The maximum Gasteiger partial charge on any atom is 0.329 e. The lowest BCUT2D eigenvalue weighted by Crippen LogP contribution is -2.30. The van der Waals surface area contributed by atoms with Gasteiger partial charge in [-0.25, -0.2) is 9.48 Å². The number of rotatable bonds is 6. The van der Waals surface area contributed by atoms with Crippen LogP contribution in [0.15, 0.2) is 95.4 Å². The average Bonchev–Trinajstić information content (AvgIpc) is 3.31. The molecular formula is C27H21ClN4O3. The summed E-state index contributed by atoms with van der Waals surface area (Å²) < 4.78 is 1.44. The summed E-state index contributed by atoms with van der Waals surface area (Å²) in [5.74, 6) is -0.507. The van der Waals surface area contributed by atoms with E-state index >= 15 is 0 Å². The summed E-state index contributed by atoms with van der Waals surface area (Å²) in [5.41, 5.74) is 3.06. The molecule has 35 heavy (non-hydrogen) atoms. The molecule has 1 aliphatic heterocycles. The highest BCUT2D eigenvalue weighted by molar-refractivity contribution is 6.30. The van der Waals surface area contributed by atoms with Gasteiger partial charge < -0.3 is 5.32 Å². The smallest absolute Gasteiger partial charge is 0.303 e. The lowest BCUT2D eigenvalue weighted by atomic mass is 10.1. The van der Waals surface area contributed by atoms with Crippen molar-refractivity contribution < 1.29 is 9.59 Å². The van der Waals surface area contributed by atoms with Crippen LogP contribution in [-0.4, -0.2) is 26.6 Å². The lowest BCUT2D eigenvalue weighted by molar-refractivity contribution is -0.123. The van der Waals surface area contributed by atoms with Crippen molar-refractivity contribution in [2.45, 2.75) is 13.0 Å². The van der Waals surface area contributed by atoms with Crippen LogP contribution in [0.2, 0.25) is 5.02 Å². The molecule has 3 aromatic carbocycles. The molecule has 7 nitrogen and oxygen atoms in total. The van der Waals surface area contributed by atoms with Crippen LogP contribution in [0.5, 0.6) is 0 Å². The van der Waals surface area contributed by atoms with Gasteiger partial charge in [0.05, 0.1) is 17.8 Å². The Kier molecular flexibility index (Phi) is 6.08. The van der Waals surface area contributed by atoms with E-state index in [0.29, 0.717) is 28.4 Å². The number of urea groups is 1. The fraction of sp³-hybridized carbons (Fsp3) is 0.0741. The number of H-pyrrole nitrogens is 1. The topological polar surface area (TPSA) is 87.2 Å². The van der Waals surface area contributed by atoms with Crippen LogP contribution in [0, 0.1) is 0 Å². The summed E-state index contributed by atoms with van der Waals surface area (Å²) in [4.78, 5) is 40.2. The van der Waals surface area contributed by atoms with Crippen LogP contribution < -0.4 is 10.9 Å². The van der Waals surface area contributed by atoms with Crippen molar-refractivity contribution >= 4 is 29.6 Å². The maximum absolute atomic E-state index is 13.4. The maximum atomic E-state index is 13.4. The number of hydrogen-bond donors (Lipinski definition) is 2. The van der Waals surface area contributed by atoms with Crippen molar-refractivity contribution in [2.24, 2.45) is 0 Å². The monoisotopic (exact) mass is 484 g/mol. The number of benzene rings is 3. The van der Waals surface area contributed by atoms with E-state index in [2.05, 4.69) is 10.4 Å². The number of aromatic nitrogens is 2. The molecule has 4 aromatic rings. The zero-order valence-electron chi connectivity index (χ0n) is 18.6. The van der Waals surface area contributed by atoms with Crippen molar-refractivity contribution in [1.29, 1.82) is 0 Å². The molecule has 0 unspecified atom stereocenters. The Balaban J connectivity index is 1.52. The molecule has 0 radical (unpaired) electrons. The van der Waals surface area contributed by atoms with Crippen molar-refractivity contribution in [3.63, 3.8) is 0 Å². The molecule has 2 heterocycles. The largest absolute Gasteiger partial charge is 0.329 e. The summed E-state index contributed by atoms with van der Waals surface area (Å²) in [6.07, 6.45) is 1.90. The minimum Gasteiger partial charge on any atom is -0.303 e. The first-order valence-electron chi connectivity index (χ1n) is 11.0. The van der Waals surface area contributed by atoms with Gasteiger partial charge in [0, 0.05) is 17.1 Å². The predicted molar refractivity (Wildman–Crippen MR) is 134 cm³/mol. The quantitative estimate of drug-likeness (QED) is 0.312. The van der Waals surface area contributed by atoms with Gasteiger partial charge in [0.2, 0.25) is 0 Å². The first-order valence-corrected chi connectivity index (χ1v) is 11.4. The number of carbonyl (C=O) groups is 2. The first kappa shape index (κ1) is 22.4. The van der Waals surface area contributed by atoms with Gasteiger partial charge in [-0.3, -0.25) is 19.6 Å². The second-order valence-electron chi connectivity index (χ2n) is 8.15. The molecule has 0 atom stereocenters. The third-order valence-electron chi connectivity index (χ3n) is 5.72. The Hall–Kier alpha value is -4.36. The summed E-state index contributed by atoms with van der Waals surface area (Å²) in [6.45, 7) is 0.0703. The van der Waals surface area contributed by atoms with Gasteiger partial charge >= 0.3 is 6.03 Å². The number of para-hydroxylation sites is 1. The van der Waals surface area contributed by atoms with Gasteiger partial charge in [0.1, 0.15) is 5.70 Å². The van der Waals surface area contributed by atoms with E-state index in [9.17, 15) is 14.4 Å². The normalized spacial score (nSPS) is 14.5. The van der Waals surface area contributed by atoms with Crippen molar-refractivity contribution in [2.75, 3.05) is 0 Å². The van der Waals surface area contributed by atoms with Gasteiger partial charge in [0.25, 0.3) is 11.5 Å². The Labute approximate surface area is 206 Å². The Morgan fingerprint density at radius 1 is 0.829 bits per heavy atom. The molecule has 1 aliphatic rings. The summed E-state index contributed by atoms with van der Waals surface area (Å²) >= 11 is 6.04. The Bertz CT molecular complexity index is 1490. The number of nitrogens with zero attached hydrogens (tertiary/aromatic N) is 2. The minimum atomic E-state index is -0.551. The molecule has 5 rings (SSSR count). The summed E-state index contributed by atoms with van der Waals surface area (Å²) in [7, 11) is 0. The molecule has 1 fully saturated rings. The number of aromatic amines is 1. The van der Waals surface area contributed by atoms with Gasteiger partial charge in [-0.15, -0.1) is 0 Å². The summed E-state index contributed by atoms with van der Waals surface area (Å²) in [6, 6.07) is 25.3. The van der Waals surface area contributed by atoms with Crippen LogP contribution in [0.4, 0.5) is 4.79 Å². The van der Waals surface area contributed by atoms with Crippen LogP contribution in [0.25, 0.3) is 11.8 Å². The highest BCUT2D eigenvalue weighted by Gasteiger charge is 2.34. The van der Waals surface area contributed by atoms with Gasteiger partial charge in [-0.05, 0) is 41.5 Å². The van der Waals surface area contributed by atoms with Crippen LogP contribution >= 0.6 is 11.6 Å². The third kappa shape index (κ3) is 4.67. The molecule has 8 heteroatoms. The first-order chi connectivity index (χ1) is 17.0. The number of amides is 3. The zero-order valence-corrected chi connectivity index (χ0v) is 19.3. The fourth-order valence-electron chi connectivity index (χ4n) is 4.02. The molecule has 174 valence electrons. The van der Waals surface area contributed by atoms with Gasteiger partial charge in [-0.2, -0.15) is 0 Å². The van der Waals surface area contributed by atoms with Gasteiger partial charge in [-0.1, -0.05) is 72.3 Å². The van der Waals surface area contributed by atoms with Crippen LogP contribution in [0.3, 0.4) is 0 Å². The van der Waals surface area contributed by atoms with E-state index in [4.69, 9.17) is 11.6 Å². The van der Waals surface area contributed by atoms with Gasteiger partial charge in [0.15, 0.2) is 0 Å². The van der Waals surface area contributed by atoms with Crippen LogP contribution in [0.1, 0.15) is 22.4 Å². The fourth-order valence-corrected chi connectivity index (χ4v) is 4.23. The third-order valence-corrected chi connectivity index (χ3v) is 5.96. The van der Waals surface area contributed by atoms with Crippen LogP contribution in [-0.2, 0) is 17.8 Å². The highest BCUT2D eigenvalue weighted by atomic mass is 35.5. The van der Waals surface area contributed by atoms with E-state index in [1.165, 1.54) is 10.8 Å². The number of carbonyl (C=O) groups excluding carboxylic acids is 2. The number of imide groups is 1. The van der Waals surface area contributed by atoms with Crippen molar-refractivity contribution in [3.05, 3.63) is 128 Å². The number of halogens is 1. The van der Waals surface area contributed by atoms with E-state index in [1.54, 1.807) is 24.3 Å². The Morgan fingerprint density at radius 3 is 2.23 bits per heavy atom. The SMILES string of the molecule is O=C1N/C(=C\c2c(Cc3ccccc3)[nH]n(-c3ccccc3)c2=O)C(=O)N1Cc1cccc(Cl)c1. The molecule has 1 aromatic heterocycles. The predicted octanol–water partition coefficient (Wildman–Crippen LogP) is 4.50. The Morgan fingerprint density at radius 2 is 1.51 bits per heavy atom. The number of nitrogens with one attached hydrogen (secondary N) is 2. The molecule has 0 saturated carbocycles. The van der Waals surface area contributed by atoms with E-state index in [0.717, 1.165) is 16.0 Å². The molecule has 2 N–H and O–H groups in total. The molecule has 1 saturated heterocycles. The second kappa shape index (κ2) is 9.48. The second-order valence-corrected chi connectivity index (χ2v) is 8.59. The van der Waals surface area contributed by atoms with E-state index < -0.39 is 11.9 Å². The molecule has 0 aliphatic carbocycles. The lowest BCUT2D eigenvalue weighted by Gasteiger charge is -2.11. The van der Waals surface area contributed by atoms with Crippen molar-refractivity contribution in [3.8, 4) is 5.69 Å². The summed E-state index contributed by atoms with van der Waals surface area (Å²) in [5, 5.41) is 6.31.